The summed E-state index contributed by atoms with van der Waals surface area (Å²) in [5, 5.41) is 8.86. The quantitative estimate of drug-likeness (QED) is 0.309. The number of hydrogen-bond acceptors (Lipinski definition) is 3. The van der Waals surface area contributed by atoms with Crippen molar-refractivity contribution in [3.05, 3.63) is 101 Å². The molecule has 0 fully saturated rings. The number of thiophene rings is 1. The minimum atomic E-state index is 0.618. The number of guanidine groups is 1. The van der Waals surface area contributed by atoms with Crippen LogP contribution in [0.25, 0.3) is 11.1 Å². The van der Waals surface area contributed by atoms with Gasteiger partial charge in [-0.05, 0) is 40.6 Å². The maximum absolute atomic E-state index is 4.83. The van der Waals surface area contributed by atoms with E-state index >= 15 is 0 Å². The molecule has 4 aromatic rings. The number of nitrogens with zero attached hydrogens (tertiary/aromatic N) is 3. The third-order valence-corrected chi connectivity index (χ3v) is 5.84. The predicted octanol–water partition coefficient (Wildman–Crippen LogP) is 4.92. The van der Waals surface area contributed by atoms with E-state index in [0.717, 1.165) is 25.6 Å². The van der Waals surface area contributed by atoms with Crippen molar-refractivity contribution in [1.29, 1.82) is 0 Å². The zero-order valence-corrected chi connectivity index (χ0v) is 18.5. The van der Waals surface area contributed by atoms with Gasteiger partial charge < -0.3 is 15.2 Å². The van der Waals surface area contributed by atoms with Crippen LogP contribution in [-0.2, 0) is 19.6 Å². The topological polar surface area (TPSA) is 54.2 Å². The molecule has 5 nitrogen and oxygen atoms in total. The average Bonchev–Trinajstić information content (AvgIpc) is 3.51. The van der Waals surface area contributed by atoms with Gasteiger partial charge in [0, 0.05) is 30.4 Å². The van der Waals surface area contributed by atoms with E-state index in [1.165, 1.54) is 27.1 Å². The normalized spacial score (nSPS) is 11.5. The third kappa shape index (κ3) is 5.83. The minimum absolute atomic E-state index is 0.618. The van der Waals surface area contributed by atoms with E-state index in [2.05, 4.69) is 93.2 Å². The van der Waals surface area contributed by atoms with Crippen molar-refractivity contribution in [2.24, 2.45) is 4.99 Å². The number of aromatic nitrogens is 2. The van der Waals surface area contributed by atoms with Gasteiger partial charge in [0.05, 0.1) is 19.4 Å². The van der Waals surface area contributed by atoms with Crippen LogP contribution >= 0.6 is 11.3 Å². The van der Waals surface area contributed by atoms with E-state index in [9.17, 15) is 0 Å². The molecule has 2 aromatic heterocycles. The molecule has 2 heterocycles. The molecule has 0 amide bonds. The highest BCUT2D eigenvalue weighted by molar-refractivity contribution is 7.09. The first-order chi connectivity index (χ1) is 15.3. The lowest BCUT2D eigenvalue weighted by atomic mass is 9.98. The summed E-state index contributed by atoms with van der Waals surface area (Å²) in [7, 11) is 0. The molecule has 0 aliphatic carbocycles. The molecule has 0 atom stereocenters. The van der Waals surface area contributed by atoms with Crippen LogP contribution in [0.1, 0.15) is 22.9 Å². The van der Waals surface area contributed by atoms with Gasteiger partial charge in [0.15, 0.2) is 5.96 Å². The summed E-state index contributed by atoms with van der Waals surface area (Å²) < 4.78 is 2.07. The first kappa shape index (κ1) is 20.9. The molecule has 0 aliphatic rings. The lowest BCUT2D eigenvalue weighted by Crippen LogP contribution is -2.36. The van der Waals surface area contributed by atoms with Crippen LogP contribution in [-0.4, -0.2) is 22.1 Å². The molecule has 2 N–H and O–H groups in total. The monoisotopic (exact) mass is 429 g/mol. The highest BCUT2D eigenvalue weighted by Gasteiger charge is 2.06. The van der Waals surface area contributed by atoms with Crippen molar-refractivity contribution < 1.29 is 0 Å². The first-order valence-electron chi connectivity index (χ1n) is 10.5. The van der Waals surface area contributed by atoms with E-state index in [1.807, 2.05) is 18.7 Å². The molecule has 0 aliphatic heterocycles. The van der Waals surface area contributed by atoms with Gasteiger partial charge in [0.2, 0.25) is 0 Å². The Balaban J connectivity index is 1.47. The third-order valence-electron chi connectivity index (χ3n) is 4.97. The maximum atomic E-state index is 4.83. The number of hydrogen-bond donors (Lipinski definition) is 2. The van der Waals surface area contributed by atoms with E-state index in [1.54, 1.807) is 11.3 Å². The number of imidazole rings is 1. The molecule has 0 spiro atoms. The molecule has 0 bridgehead atoms. The Morgan fingerprint density at radius 1 is 1.03 bits per heavy atom. The van der Waals surface area contributed by atoms with Gasteiger partial charge in [-0.15, -0.1) is 11.3 Å². The molecule has 0 saturated carbocycles. The molecule has 0 unspecified atom stereocenters. The zero-order chi connectivity index (χ0) is 21.3. The van der Waals surface area contributed by atoms with Gasteiger partial charge in [0.25, 0.3) is 0 Å². The van der Waals surface area contributed by atoms with Crippen molar-refractivity contribution in [3.8, 4) is 11.1 Å². The van der Waals surface area contributed by atoms with Gasteiger partial charge in [-0.25, -0.2) is 9.98 Å². The number of aliphatic imine (C=N–C) groups is 1. The molecular weight excluding hydrogens is 402 g/mol. The molecule has 0 radical (unpaired) electrons. The Morgan fingerprint density at radius 3 is 2.65 bits per heavy atom. The van der Waals surface area contributed by atoms with Gasteiger partial charge in [-0.2, -0.15) is 0 Å². The van der Waals surface area contributed by atoms with Gasteiger partial charge in [-0.3, -0.25) is 0 Å². The SMILES string of the molecule is CCNC(=NCc1ccccc1-c1ccc(Cn2ccnc2)cc1)NCc1cccs1. The number of benzene rings is 2. The molecule has 2 aromatic carbocycles. The highest BCUT2D eigenvalue weighted by atomic mass is 32.1. The van der Waals surface area contributed by atoms with E-state index in [-0.39, 0.29) is 0 Å². The summed E-state index contributed by atoms with van der Waals surface area (Å²) in [5.74, 6) is 0.835. The van der Waals surface area contributed by atoms with Crippen molar-refractivity contribution in [2.75, 3.05) is 6.54 Å². The zero-order valence-electron chi connectivity index (χ0n) is 17.7. The fourth-order valence-electron chi connectivity index (χ4n) is 3.41. The summed E-state index contributed by atoms with van der Waals surface area (Å²) in [6.45, 7) is 5.14. The Bertz CT molecular complexity index is 1080. The molecule has 31 heavy (non-hydrogen) atoms. The van der Waals surface area contributed by atoms with Gasteiger partial charge in [-0.1, -0.05) is 54.6 Å². The highest BCUT2D eigenvalue weighted by Crippen LogP contribution is 2.25. The Kier molecular flexibility index (Phi) is 7.13. The first-order valence-corrected chi connectivity index (χ1v) is 11.4. The van der Waals surface area contributed by atoms with Crippen LogP contribution in [0.4, 0.5) is 0 Å². The molecule has 4 rings (SSSR count). The Labute approximate surface area is 187 Å². The summed E-state index contributed by atoms with van der Waals surface area (Å²) >= 11 is 1.75. The summed E-state index contributed by atoms with van der Waals surface area (Å²) in [6, 6.07) is 21.4. The van der Waals surface area contributed by atoms with Crippen molar-refractivity contribution in [3.63, 3.8) is 0 Å². The lowest BCUT2D eigenvalue weighted by molar-refractivity contribution is 0.797. The second-order valence-corrected chi connectivity index (χ2v) is 8.25. The number of rotatable bonds is 8. The predicted molar refractivity (Wildman–Crippen MR) is 129 cm³/mol. The van der Waals surface area contributed by atoms with Crippen LogP contribution in [0, 0.1) is 0 Å². The maximum Gasteiger partial charge on any atom is 0.191 e. The molecular formula is C25H27N5S. The lowest BCUT2D eigenvalue weighted by Gasteiger charge is -2.12. The second kappa shape index (κ2) is 10.6. The fraction of sp³-hybridized carbons (Fsp3) is 0.200. The largest absolute Gasteiger partial charge is 0.357 e. The van der Waals surface area contributed by atoms with E-state index in [4.69, 9.17) is 4.99 Å². The number of nitrogens with one attached hydrogen (secondary N) is 2. The smallest absolute Gasteiger partial charge is 0.191 e. The molecule has 158 valence electrons. The van der Waals surface area contributed by atoms with E-state index in [0.29, 0.717) is 6.54 Å². The van der Waals surface area contributed by atoms with Crippen LogP contribution < -0.4 is 10.6 Å². The van der Waals surface area contributed by atoms with Crippen molar-refractivity contribution >= 4 is 17.3 Å². The molecule has 6 heteroatoms. The summed E-state index contributed by atoms with van der Waals surface area (Å²) in [4.78, 5) is 10.2. The van der Waals surface area contributed by atoms with E-state index < -0.39 is 0 Å². The van der Waals surface area contributed by atoms with Gasteiger partial charge in [0.1, 0.15) is 0 Å². The second-order valence-electron chi connectivity index (χ2n) is 7.22. The Morgan fingerprint density at radius 2 is 1.90 bits per heavy atom. The van der Waals surface area contributed by atoms with Crippen molar-refractivity contribution in [2.45, 2.75) is 26.6 Å². The Hall–Kier alpha value is -3.38. The standard InChI is InChI=1S/C25H27N5S/c1-2-27-25(29-17-23-7-5-15-31-23)28-16-22-6-3-4-8-24(22)21-11-9-20(10-12-21)18-30-14-13-26-19-30/h3-15,19H,2,16-18H2,1H3,(H2,27,28,29). The van der Waals surface area contributed by atoms with Crippen LogP contribution in [0.5, 0.6) is 0 Å². The molecule has 0 saturated heterocycles. The van der Waals surface area contributed by atoms with Crippen LogP contribution in [0.2, 0.25) is 0 Å². The average molecular weight is 430 g/mol. The summed E-state index contributed by atoms with van der Waals surface area (Å²) in [6.07, 6.45) is 5.63. The van der Waals surface area contributed by atoms with Crippen LogP contribution in [0.3, 0.4) is 0 Å². The summed E-state index contributed by atoms with van der Waals surface area (Å²) in [5.41, 5.74) is 4.88. The fourth-order valence-corrected chi connectivity index (χ4v) is 4.06. The minimum Gasteiger partial charge on any atom is -0.357 e. The van der Waals surface area contributed by atoms with Crippen molar-refractivity contribution in [1.82, 2.24) is 20.2 Å². The van der Waals surface area contributed by atoms with Crippen LogP contribution in [0.15, 0.2) is 89.8 Å². The van der Waals surface area contributed by atoms with Gasteiger partial charge >= 0.3 is 0 Å².